The molecule has 8 heteroatoms. The number of methoxy groups -OCH3 is 1. The summed E-state index contributed by atoms with van der Waals surface area (Å²) in [5, 5.41) is 9.54. The van der Waals surface area contributed by atoms with E-state index >= 15 is 0 Å². The Bertz CT molecular complexity index is 814. The van der Waals surface area contributed by atoms with Crippen LogP contribution < -0.4 is 25.4 Å². The summed E-state index contributed by atoms with van der Waals surface area (Å²) in [5.41, 5.74) is 1.01. The molecule has 1 aromatic carbocycles. The van der Waals surface area contributed by atoms with Crippen molar-refractivity contribution in [3.05, 3.63) is 23.8 Å². The molecule has 1 unspecified atom stereocenters. The molecule has 2 heterocycles. The molecule has 4 atom stereocenters. The SMILES string of the molecule is COc1cc(C(C)NC(=O)CCCC[C@@H]2SC[C@@H]3NC(=O)N[C@@H]32)ccc1OC1CCCC1. The number of urea groups is 1. The van der Waals surface area contributed by atoms with Crippen LogP contribution in [0.4, 0.5) is 4.79 Å². The van der Waals surface area contributed by atoms with Crippen molar-refractivity contribution in [2.24, 2.45) is 0 Å². The van der Waals surface area contributed by atoms with Crippen LogP contribution in [0.25, 0.3) is 0 Å². The molecule has 0 radical (unpaired) electrons. The van der Waals surface area contributed by atoms with E-state index in [0.29, 0.717) is 11.7 Å². The van der Waals surface area contributed by atoms with Gasteiger partial charge in [-0.2, -0.15) is 11.8 Å². The van der Waals surface area contributed by atoms with Crippen molar-refractivity contribution in [3.8, 4) is 11.5 Å². The summed E-state index contributed by atoms with van der Waals surface area (Å²) in [6.45, 7) is 2.00. The van der Waals surface area contributed by atoms with Gasteiger partial charge in [0, 0.05) is 17.4 Å². The molecular formula is C24H35N3O4S. The van der Waals surface area contributed by atoms with Gasteiger partial charge in [0.25, 0.3) is 0 Å². The highest BCUT2D eigenvalue weighted by molar-refractivity contribution is 8.00. The Morgan fingerprint density at radius 3 is 2.81 bits per heavy atom. The fourth-order valence-corrected chi connectivity index (χ4v) is 6.45. The second-order valence-electron chi connectivity index (χ2n) is 9.09. The zero-order valence-electron chi connectivity index (χ0n) is 19.0. The molecule has 4 rings (SSSR count). The van der Waals surface area contributed by atoms with E-state index < -0.39 is 0 Å². The second kappa shape index (κ2) is 10.7. The summed E-state index contributed by atoms with van der Waals surface area (Å²) in [7, 11) is 1.65. The third-order valence-electron chi connectivity index (χ3n) is 6.74. The molecule has 2 saturated heterocycles. The van der Waals surface area contributed by atoms with Crippen molar-refractivity contribution >= 4 is 23.7 Å². The van der Waals surface area contributed by atoms with Crippen molar-refractivity contribution < 1.29 is 19.1 Å². The van der Waals surface area contributed by atoms with E-state index in [1.807, 2.05) is 36.9 Å². The van der Waals surface area contributed by atoms with Crippen molar-refractivity contribution in [3.63, 3.8) is 0 Å². The number of carbonyl (C=O) groups excluding carboxylic acids is 2. The van der Waals surface area contributed by atoms with Crippen molar-refractivity contribution in [1.82, 2.24) is 16.0 Å². The third kappa shape index (κ3) is 5.63. The number of nitrogens with one attached hydrogen (secondary N) is 3. The lowest BCUT2D eigenvalue weighted by Gasteiger charge is -2.19. The lowest BCUT2D eigenvalue weighted by Crippen LogP contribution is -2.36. The minimum absolute atomic E-state index is 0.0478. The van der Waals surface area contributed by atoms with Gasteiger partial charge in [-0.25, -0.2) is 4.79 Å². The highest BCUT2D eigenvalue weighted by Gasteiger charge is 2.42. The number of carbonyl (C=O) groups is 2. The predicted octanol–water partition coefficient (Wildman–Crippen LogP) is 3.92. The van der Waals surface area contributed by atoms with Crippen LogP contribution in [-0.4, -0.2) is 48.2 Å². The lowest BCUT2D eigenvalue weighted by molar-refractivity contribution is -0.121. The first-order valence-electron chi connectivity index (χ1n) is 11.9. The third-order valence-corrected chi connectivity index (χ3v) is 8.25. The first-order chi connectivity index (χ1) is 15.5. The number of hydrogen-bond acceptors (Lipinski definition) is 5. The number of unbranched alkanes of at least 4 members (excludes halogenated alkanes) is 1. The van der Waals surface area contributed by atoms with Crippen LogP contribution >= 0.6 is 11.8 Å². The zero-order chi connectivity index (χ0) is 22.5. The van der Waals surface area contributed by atoms with Crippen LogP contribution in [0.3, 0.4) is 0 Å². The number of rotatable bonds is 10. The van der Waals surface area contributed by atoms with Gasteiger partial charge in [-0.1, -0.05) is 12.5 Å². The maximum atomic E-state index is 12.5. The van der Waals surface area contributed by atoms with Gasteiger partial charge in [-0.3, -0.25) is 4.79 Å². The van der Waals surface area contributed by atoms with Crippen LogP contribution in [0.15, 0.2) is 18.2 Å². The quantitative estimate of drug-likeness (QED) is 0.363. The molecule has 2 aliphatic heterocycles. The van der Waals surface area contributed by atoms with Gasteiger partial charge in [0.1, 0.15) is 0 Å². The molecule has 0 bridgehead atoms. The normalized spacial score (nSPS) is 25.7. The van der Waals surface area contributed by atoms with Gasteiger partial charge in [0.15, 0.2) is 11.5 Å². The Hall–Kier alpha value is -2.09. The molecule has 1 saturated carbocycles. The minimum atomic E-state index is -0.0946. The van der Waals surface area contributed by atoms with Gasteiger partial charge in [0.05, 0.1) is 31.3 Å². The Morgan fingerprint density at radius 2 is 2.03 bits per heavy atom. The number of amides is 3. The summed E-state index contributed by atoms with van der Waals surface area (Å²) in [6, 6.07) is 6.28. The smallest absolute Gasteiger partial charge is 0.315 e. The van der Waals surface area contributed by atoms with Gasteiger partial charge >= 0.3 is 6.03 Å². The summed E-state index contributed by atoms with van der Waals surface area (Å²) >= 11 is 1.92. The average molecular weight is 462 g/mol. The van der Waals surface area contributed by atoms with E-state index in [4.69, 9.17) is 9.47 Å². The molecule has 3 aliphatic rings. The van der Waals surface area contributed by atoms with Gasteiger partial charge < -0.3 is 25.4 Å². The Balaban J connectivity index is 1.20. The second-order valence-corrected chi connectivity index (χ2v) is 10.4. The summed E-state index contributed by atoms with van der Waals surface area (Å²) < 4.78 is 11.7. The number of benzene rings is 1. The van der Waals surface area contributed by atoms with E-state index in [2.05, 4.69) is 16.0 Å². The highest BCUT2D eigenvalue weighted by Crippen LogP contribution is 2.34. The Kier molecular flexibility index (Phi) is 7.71. The van der Waals surface area contributed by atoms with E-state index in [9.17, 15) is 9.59 Å². The number of thioether (sulfide) groups is 1. The molecule has 176 valence electrons. The molecule has 3 amide bonds. The first kappa shape index (κ1) is 23.1. The van der Waals surface area contributed by atoms with E-state index in [1.54, 1.807) is 7.11 Å². The van der Waals surface area contributed by atoms with E-state index in [1.165, 1.54) is 12.8 Å². The van der Waals surface area contributed by atoms with Crippen molar-refractivity contribution in [2.75, 3.05) is 12.9 Å². The molecule has 7 nitrogen and oxygen atoms in total. The summed E-state index contributed by atoms with van der Waals surface area (Å²) in [6.07, 6.45) is 8.31. The molecule has 1 aliphatic carbocycles. The van der Waals surface area contributed by atoms with Gasteiger partial charge in [-0.05, 0) is 63.1 Å². The minimum Gasteiger partial charge on any atom is -0.493 e. The standard InChI is InChI=1S/C24H35N3O4S/c1-15(16-11-12-19(20(13-16)30-2)31-17-7-3-4-8-17)25-22(28)10-6-5-9-21-23-18(14-32-21)26-24(29)27-23/h11-13,15,17-18,21,23H,3-10,14H2,1-2H3,(H,25,28)(H2,26,27,29)/t15?,18-,21-,23-/m0/s1. The van der Waals surface area contributed by atoms with Crippen LogP contribution in [-0.2, 0) is 4.79 Å². The summed E-state index contributed by atoms with van der Waals surface area (Å²) in [5.74, 6) is 2.54. The topological polar surface area (TPSA) is 88.7 Å². The van der Waals surface area contributed by atoms with E-state index in [0.717, 1.165) is 54.9 Å². The molecule has 0 aromatic heterocycles. The van der Waals surface area contributed by atoms with Crippen molar-refractivity contribution in [2.45, 2.75) is 87.8 Å². The molecule has 1 aromatic rings. The van der Waals surface area contributed by atoms with Gasteiger partial charge in [-0.15, -0.1) is 0 Å². The van der Waals surface area contributed by atoms with Crippen LogP contribution in [0.2, 0.25) is 0 Å². The first-order valence-corrected chi connectivity index (χ1v) is 12.9. The molecule has 3 N–H and O–H groups in total. The van der Waals surface area contributed by atoms with Crippen LogP contribution in [0, 0.1) is 0 Å². The fraction of sp³-hybridized carbons (Fsp3) is 0.667. The van der Waals surface area contributed by atoms with Crippen molar-refractivity contribution in [1.29, 1.82) is 0 Å². The fourth-order valence-electron chi connectivity index (χ4n) is 4.91. The number of hydrogen-bond donors (Lipinski definition) is 3. The number of fused-ring (bicyclic) bond motifs is 1. The zero-order valence-corrected chi connectivity index (χ0v) is 19.8. The summed E-state index contributed by atoms with van der Waals surface area (Å²) in [4.78, 5) is 23.9. The molecule has 0 spiro atoms. The van der Waals surface area contributed by atoms with Crippen LogP contribution in [0.1, 0.15) is 69.9 Å². The monoisotopic (exact) mass is 461 g/mol. The van der Waals surface area contributed by atoms with E-state index in [-0.39, 0.29) is 36.2 Å². The lowest BCUT2D eigenvalue weighted by atomic mass is 10.0. The maximum absolute atomic E-state index is 12.5. The number of ether oxygens (including phenoxy) is 2. The highest BCUT2D eigenvalue weighted by atomic mass is 32.2. The Labute approximate surface area is 194 Å². The predicted molar refractivity (Wildman–Crippen MR) is 126 cm³/mol. The Morgan fingerprint density at radius 1 is 1.22 bits per heavy atom. The molecule has 3 fully saturated rings. The molecular weight excluding hydrogens is 426 g/mol. The largest absolute Gasteiger partial charge is 0.493 e. The maximum Gasteiger partial charge on any atom is 0.315 e. The average Bonchev–Trinajstić information content (AvgIpc) is 3.50. The molecule has 32 heavy (non-hydrogen) atoms. The van der Waals surface area contributed by atoms with Crippen LogP contribution in [0.5, 0.6) is 11.5 Å². The van der Waals surface area contributed by atoms with Gasteiger partial charge in [0.2, 0.25) is 5.91 Å².